The van der Waals surface area contributed by atoms with Crippen molar-refractivity contribution in [1.29, 1.82) is 0 Å². The van der Waals surface area contributed by atoms with Crippen molar-refractivity contribution in [3.05, 3.63) is 11.6 Å². The number of Topliss-reactive ketones (excluding diaryl/α,β-unsaturated/α-hetero) is 1. The summed E-state index contributed by atoms with van der Waals surface area (Å²) in [7, 11) is 0. The van der Waals surface area contributed by atoms with Crippen LogP contribution < -0.4 is 0 Å². The number of ketones is 1. The van der Waals surface area contributed by atoms with E-state index in [9.17, 15) is 4.79 Å². The Balaban J connectivity index is 2.31. The third-order valence-electron chi connectivity index (χ3n) is 4.36. The molecule has 0 saturated heterocycles. The molecular weight excluding hydrogens is 212 g/mol. The molecule has 2 aliphatic rings. The van der Waals surface area contributed by atoms with Gasteiger partial charge in [-0.15, -0.1) is 0 Å². The van der Waals surface area contributed by atoms with Crippen LogP contribution >= 0.6 is 0 Å². The third kappa shape index (κ3) is 2.20. The molecule has 0 radical (unpaired) electrons. The normalized spacial score (nSPS) is 35.8. The van der Waals surface area contributed by atoms with Crippen LogP contribution in [-0.2, 0) is 4.79 Å². The number of hydrogen-bond donors (Lipinski definition) is 0. The van der Waals surface area contributed by atoms with Gasteiger partial charge in [0.15, 0.2) is 0 Å². The van der Waals surface area contributed by atoms with Crippen molar-refractivity contribution in [3.63, 3.8) is 0 Å². The van der Waals surface area contributed by atoms with Gasteiger partial charge in [0.1, 0.15) is 5.78 Å². The molecule has 0 fully saturated rings. The molecule has 17 heavy (non-hydrogen) atoms. The van der Waals surface area contributed by atoms with Gasteiger partial charge in [0.25, 0.3) is 0 Å². The molecule has 1 aliphatic heterocycles. The van der Waals surface area contributed by atoms with Crippen LogP contribution in [0.3, 0.4) is 0 Å². The lowest BCUT2D eigenvalue weighted by atomic mass is 9.63. The van der Waals surface area contributed by atoms with Gasteiger partial charge in [0, 0.05) is 5.92 Å². The van der Waals surface area contributed by atoms with Crippen LogP contribution in [0.2, 0.25) is 0 Å². The maximum atomic E-state index is 11.7. The SMILES string of the molecule is CC(=O)C1CN=NC1C1C(C)=CCCC1(C)C. The molecule has 3 atom stereocenters. The molecule has 0 aromatic rings. The second-order valence-electron chi connectivity index (χ2n) is 6.10. The fourth-order valence-corrected chi connectivity index (χ4v) is 3.39. The largest absolute Gasteiger partial charge is 0.300 e. The van der Waals surface area contributed by atoms with E-state index in [4.69, 9.17) is 0 Å². The summed E-state index contributed by atoms with van der Waals surface area (Å²) in [6.45, 7) is 9.01. The lowest BCUT2D eigenvalue weighted by molar-refractivity contribution is -0.121. The highest BCUT2D eigenvalue weighted by Crippen LogP contribution is 2.46. The van der Waals surface area contributed by atoms with Gasteiger partial charge in [0.2, 0.25) is 0 Å². The minimum Gasteiger partial charge on any atom is -0.300 e. The number of nitrogens with zero attached hydrogens (tertiary/aromatic N) is 2. The molecule has 0 amide bonds. The van der Waals surface area contributed by atoms with E-state index >= 15 is 0 Å². The zero-order valence-electron chi connectivity index (χ0n) is 11.2. The highest BCUT2D eigenvalue weighted by atomic mass is 16.1. The smallest absolute Gasteiger partial charge is 0.137 e. The Hall–Kier alpha value is -0.990. The Morgan fingerprint density at radius 1 is 1.47 bits per heavy atom. The lowest BCUT2D eigenvalue weighted by Crippen LogP contribution is -2.41. The lowest BCUT2D eigenvalue weighted by Gasteiger charge is -2.41. The molecule has 94 valence electrons. The van der Waals surface area contributed by atoms with Crippen LogP contribution in [0.5, 0.6) is 0 Å². The molecular formula is C14H22N2O. The Kier molecular flexibility index (Phi) is 3.19. The van der Waals surface area contributed by atoms with E-state index in [1.807, 2.05) is 0 Å². The first-order chi connectivity index (χ1) is 7.93. The summed E-state index contributed by atoms with van der Waals surface area (Å²) in [4.78, 5) is 11.7. The van der Waals surface area contributed by atoms with E-state index < -0.39 is 0 Å². The zero-order chi connectivity index (χ0) is 12.6. The van der Waals surface area contributed by atoms with Gasteiger partial charge < -0.3 is 0 Å². The Bertz CT molecular complexity index is 382. The van der Waals surface area contributed by atoms with Crippen LogP contribution in [0.1, 0.15) is 40.5 Å². The average molecular weight is 234 g/mol. The quantitative estimate of drug-likeness (QED) is 0.675. The summed E-state index contributed by atoms with van der Waals surface area (Å²) in [5, 5.41) is 8.49. The van der Waals surface area contributed by atoms with E-state index in [0.717, 1.165) is 6.42 Å². The molecule has 1 aliphatic carbocycles. The summed E-state index contributed by atoms with van der Waals surface area (Å²) in [5.41, 5.74) is 1.61. The van der Waals surface area contributed by atoms with Crippen molar-refractivity contribution >= 4 is 5.78 Å². The van der Waals surface area contributed by atoms with Crippen molar-refractivity contribution in [2.45, 2.75) is 46.6 Å². The van der Waals surface area contributed by atoms with E-state index in [2.05, 4.69) is 37.1 Å². The van der Waals surface area contributed by atoms with Gasteiger partial charge in [-0.05, 0) is 32.1 Å². The molecule has 2 rings (SSSR count). The second kappa shape index (κ2) is 4.35. The number of hydrogen-bond acceptors (Lipinski definition) is 3. The van der Waals surface area contributed by atoms with E-state index in [1.54, 1.807) is 6.92 Å². The van der Waals surface area contributed by atoms with Crippen molar-refractivity contribution in [2.75, 3.05) is 6.54 Å². The fraction of sp³-hybridized carbons (Fsp3) is 0.786. The van der Waals surface area contributed by atoms with E-state index in [1.165, 1.54) is 12.0 Å². The first kappa shape index (κ1) is 12.5. The first-order valence-electron chi connectivity index (χ1n) is 6.47. The van der Waals surface area contributed by atoms with Gasteiger partial charge in [0.05, 0.1) is 18.5 Å². The Morgan fingerprint density at radius 2 is 2.18 bits per heavy atom. The van der Waals surface area contributed by atoms with Crippen LogP contribution in [0.25, 0.3) is 0 Å². The fourth-order valence-electron chi connectivity index (χ4n) is 3.39. The average Bonchev–Trinajstić information content (AvgIpc) is 2.64. The van der Waals surface area contributed by atoms with Gasteiger partial charge in [-0.2, -0.15) is 10.2 Å². The van der Waals surface area contributed by atoms with Crippen LogP contribution in [0, 0.1) is 17.3 Å². The third-order valence-corrected chi connectivity index (χ3v) is 4.36. The molecule has 0 bridgehead atoms. The Labute approximate surface area is 103 Å². The van der Waals surface area contributed by atoms with Crippen molar-refractivity contribution in [3.8, 4) is 0 Å². The van der Waals surface area contributed by atoms with Gasteiger partial charge in [-0.25, -0.2) is 0 Å². The summed E-state index contributed by atoms with van der Waals surface area (Å²) in [6.07, 6.45) is 4.62. The van der Waals surface area contributed by atoms with E-state index in [-0.39, 0.29) is 23.2 Å². The number of rotatable bonds is 2. The topological polar surface area (TPSA) is 41.8 Å². The standard InChI is InChI=1S/C14H22N2O/c1-9-6-5-7-14(3,4)12(9)13-11(10(2)17)8-15-16-13/h6,11-13H,5,7-8H2,1-4H3. The molecule has 0 N–H and O–H groups in total. The van der Waals surface area contributed by atoms with Crippen molar-refractivity contribution in [1.82, 2.24) is 0 Å². The molecule has 0 aromatic heterocycles. The minimum absolute atomic E-state index is 0.000671. The number of carbonyl (C=O) groups is 1. The Morgan fingerprint density at radius 3 is 2.76 bits per heavy atom. The highest BCUT2D eigenvalue weighted by molar-refractivity contribution is 5.79. The summed E-state index contributed by atoms with van der Waals surface area (Å²) >= 11 is 0. The predicted octanol–water partition coefficient (Wildman–Crippen LogP) is 3.41. The highest BCUT2D eigenvalue weighted by Gasteiger charge is 2.44. The minimum atomic E-state index is 0.000671. The molecule has 1 heterocycles. The molecule has 3 heteroatoms. The molecule has 3 nitrogen and oxygen atoms in total. The first-order valence-corrected chi connectivity index (χ1v) is 6.47. The maximum Gasteiger partial charge on any atom is 0.137 e. The van der Waals surface area contributed by atoms with Crippen LogP contribution in [0.4, 0.5) is 0 Å². The van der Waals surface area contributed by atoms with Gasteiger partial charge in [-0.1, -0.05) is 25.5 Å². The van der Waals surface area contributed by atoms with Gasteiger partial charge in [-0.3, -0.25) is 4.79 Å². The molecule has 0 saturated carbocycles. The number of carbonyl (C=O) groups excluding carboxylic acids is 1. The monoisotopic (exact) mass is 234 g/mol. The molecule has 3 unspecified atom stereocenters. The van der Waals surface area contributed by atoms with Gasteiger partial charge >= 0.3 is 0 Å². The summed E-state index contributed by atoms with van der Waals surface area (Å²) < 4.78 is 0. The summed E-state index contributed by atoms with van der Waals surface area (Å²) in [5.74, 6) is 0.603. The van der Waals surface area contributed by atoms with Crippen LogP contribution in [-0.4, -0.2) is 18.4 Å². The van der Waals surface area contributed by atoms with E-state index in [0.29, 0.717) is 12.5 Å². The maximum absolute atomic E-state index is 11.7. The van der Waals surface area contributed by atoms with Crippen molar-refractivity contribution in [2.24, 2.45) is 27.5 Å². The molecule has 0 aromatic carbocycles. The zero-order valence-corrected chi connectivity index (χ0v) is 11.2. The van der Waals surface area contributed by atoms with Crippen LogP contribution in [0.15, 0.2) is 21.9 Å². The summed E-state index contributed by atoms with van der Waals surface area (Å²) in [6, 6.07) is 0.0686. The number of azo groups is 1. The number of allylic oxidation sites excluding steroid dienone is 1. The predicted molar refractivity (Wildman–Crippen MR) is 67.9 cm³/mol. The van der Waals surface area contributed by atoms with Crippen molar-refractivity contribution < 1.29 is 4.79 Å². The second-order valence-corrected chi connectivity index (χ2v) is 6.10. The molecule has 0 spiro atoms.